The molecule has 4 nitrogen and oxygen atoms in total. The van der Waals surface area contributed by atoms with E-state index in [0.29, 0.717) is 5.56 Å². The van der Waals surface area contributed by atoms with Gasteiger partial charge in [-0.25, -0.2) is 4.79 Å². The summed E-state index contributed by atoms with van der Waals surface area (Å²) in [6.07, 6.45) is 1.62. The Kier molecular flexibility index (Phi) is 2.25. The molecule has 1 heterocycles. The summed E-state index contributed by atoms with van der Waals surface area (Å²) in [7, 11) is 1.36. The van der Waals surface area contributed by atoms with Gasteiger partial charge in [-0.05, 0) is 12.1 Å². The smallest absolute Gasteiger partial charge is 0.338 e. The summed E-state index contributed by atoms with van der Waals surface area (Å²) in [5.41, 5.74) is 1.36. The number of ether oxygens (including phenoxy) is 1. The largest absolute Gasteiger partial charge is 0.465 e. The Hall–Kier alpha value is -1.36. The van der Waals surface area contributed by atoms with Crippen LogP contribution < -0.4 is 0 Å². The highest BCUT2D eigenvalue weighted by Gasteiger charge is 2.12. The summed E-state index contributed by atoms with van der Waals surface area (Å²) in [4.78, 5) is 11.4. The second kappa shape index (κ2) is 3.42. The second-order valence-electron chi connectivity index (χ2n) is 2.73. The number of aromatic nitrogens is 2. The second-order valence-corrected chi connectivity index (χ2v) is 3.41. The highest BCUT2D eigenvalue weighted by atomic mass is 79.9. The molecule has 0 spiro atoms. The number of fused-ring (bicyclic) bond motifs is 1. The number of hydrogen-bond acceptors (Lipinski definition) is 3. The Bertz CT molecular complexity index is 493. The van der Waals surface area contributed by atoms with E-state index in [9.17, 15) is 4.79 Å². The van der Waals surface area contributed by atoms with Gasteiger partial charge >= 0.3 is 5.97 Å². The molecule has 0 saturated heterocycles. The van der Waals surface area contributed by atoms with Crippen molar-refractivity contribution in [2.45, 2.75) is 0 Å². The molecule has 0 saturated carbocycles. The Morgan fingerprint density at radius 1 is 1.57 bits per heavy atom. The molecule has 0 amide bonds. The third-order valence-electron chi connectivity index (χ3n) is 1.98. The lowest BCUT2D eigenvalue weighted by molar-refractivity contribution is 0.0603. The van der Waals surface area contributed by atoms with Crippen LogP contribution in [0.15, 0.2) is 24.4 Å². The molecule has 2 rings (SSSR count). The van der Waals surface area contributed by atoms with Crippen LogP contribution in [-0.4, -0.2) is 21.9 Å². The third kappa shape index (κ3) is 1.29. The van der Waals surface area contributed by atoms with Gasteiger partial charge in [-0.3, -0.25) is 0 Å². The third-order valence-corrected chi connectivity index (χ3v) is 2.54. The van der Waals surface area contributed by atoms with Crippen LogP contribution in [0, 0.1) is 0 Å². The zero-order valence-corrected chi connectivity index (χ0v) is 8.98. The fraction of sp³-hybridized carbons (Fsp3) is 0.111. The molecule has 0 aliphatic rings. The zero-order chi connectivity index (χ0) is 10.1. The van der Waals surface area contributed by atoms with E-state index in [2.05, 4.69) is 26.0 Å². The summed E-state index contributed by atoms with van der Waals surface area (Å²) in [5.74, 6) is -0.351. The first-order chi connectivity index (χ1) is 6.74. The molecule has 72 valence electrons. The van der Waals surface area contributed by atoms with Gasteiger partial charge in [0.05, 0.1) is 40.5 Å². The molecule has 5 heteroatoms. The number of methoxy groups -OCH3 is 1. The van der Waals surface area contributed by atoms with E-state index < -0.39 is 0 Å². The van der Waals surface area contributed by atoms with Crippen molar-refractivity contribution in [3.05, 3.63) is 30.0 Å². The van der Waals surface area contributed by atoms with Crippen LogP contribution in [0.3, 0.4) is 0 Å². The quantitative estimate of drug-likeness (QED) is 0.732. The average Bonchev–Trinajstić information content (AvgIpc) is 2.59. The molecular formula is C9H7BrN2O2. The Labute approximate surface area is 88.8 Å². The van der Waals surface area contributed by atoms with Crippen molar-refractivity contribution >= 4 is 33.0 Å². The SMILES string of the molecule is COC(=O)c1cccc2c1cnn2Br. The van der Waals surface area contributed by atoms with E-state index in [1.165, 1.54) is 10.8 Å². The number of hydrogen-bond donors (Lipinski definition) is 0. The topological polar surface area (TPSA) is 44.1 Å². The van der Waals surface area contributed by atoms with Crippen molar-refractivity contribution in [1.29, 1.82) is 0 Å². The molecule has 1 aromatic heterocycles. The van der Waals surface area contributed by atoms with Gasteiger partial charge in [-0.1, -0.05) is 6.07 Å². The van der Waals surface area contributed by atoms with Crippen molar-refractivity contribution in [3.63, 3.8) is 0 Å². The number of carbonyl (C=O) groups excluding carboxylic acids is 1. The predicted octanol–water partition coefficient (Wildman–Crippen LogP) is 1.98. The van der Waals surface area contributed by atoms with Crippen molar-refractivity contribution in [1.82, 2.24) is 8.81 Å². The molecule has 14 heavy (non-hydrogen) atoms. The van der Waals surface area contributed by atoms with Crippen LogP contribution in [0.2, 0.25) is 0 Å². The van der Waals surface area contributed by atoms with Gasteiger partial charge in [0.1, 0.15) is 0 Å². The normalized spacial score (nSPS) is 10.4. The molecule has 0 bridgehead atoms. The van der Waals surface area contributed by atoms with Crippen LogP contribution >= 0.6 is 16.1 Å². The standard InChI is InChI=1S/C9H7BrN2O2/c1-14-9(13)6-3-2-4-8-7(6)5-11-12(8)10/h2-5H,1H3. The van der Waals surface area contributed by atoms with E-state index in [1.807, 2.05) is 6.07 Å². The molecule has 2 aromatic rings. The number of benzene rings is 1. The fourth-order valence-electron chi connectivity index (χ4n) is 1.31. The van der Waals surface area contributed by atoms with Crippen molar-refractivity contribution in [2.75, 3.05) is 7.11 Å². The van der Waals surface area contributed by atoms with E-state index >= 15 is 0 Å². The maximum Gasteiger partial charge on any atom is 0.338 e. The lowest BCUT2D eigenvalue weighted by Gasteiger charge is -1.99. The monoisotopic (exact) mass is 254 g/mol. The first-order valence-corrected chi connectivity index (χ1v) is 4.66. The van der Waals surface area contributed by atoms with Gasteiger partial charge in [0.15, 0.2) is 0 Å². The van der Waals surface area contributed by atoms with Gasteiger partial charge in [0, 0.05) is 5.39 Å². The Morgan fingerprint density at radius 2 is 2.36 bits per heavy atom. The lowest BCUT2D eigenvalue weighted by Crippen LogP contribution is -2.01. The minimum Gasteiger partial charge on any atom is -0.465 e. The molecular weight excluding hydrogens is 248 g/mol. The number of esters is 1. The minimum absolute atomic E-state index is 0.351. The van der Waals surface area contributed by atoms with Crippen LogP contribution in [0.25, 0.3) is 10.9 Å². The lowest BCUT2D eigenvalue weighted by atomic mass is 10.1. The summed E-state index contributed by atoms with van der Waals surface area (Å²) in [5, 5.41) is 4.77. The highest BCUT2D eigenvalue weighted by molar-refractivity contribution is 9.08. The molecule has 1 aromatic carbocycles. The molecule has 0 atom stereocenters. The maximum absolute atomic E-state index is 11.4. The molecule has 0 N–H and O–H groups in total. The van der Waals surface area contributed by atoms with Crippen LogP contribution in [0.1, 0.15) is 10.4 Å². The van der Waals surface area contributed by atoms with Crippen LogP contribution in [-0.2, 0) is 4.74 Å². The molecule has 0 fully saturated rings. The number of rotatable bonds is 1. The van der Waals surface area contributed by atoms with E-state index in [-0.39, 0.29) is 5.97 Å². The summed E-state index contributed by atoms with van der Waals surface area (Å²) < 4.78 is 6.20. The first kappa shape index (κ1) is 9.21. The van der Waals surface area contributed by atoms with Gasteiger partial charge in [-0.2, -0.15) is 8.81 Å². The summed E-state index contributed by atoms with van der Waals surface area (Å²) in [6.45, 7) is 0. The Morgan fingerprint density at radius 3 is 3.07 bits per heavy atom. The minimum atomic E-state index is -0.351. The highest BCUT2D eigenvalue weighted by Crippen LogP contribution is 2.20. The zero-order valence-electron chi connectivity index (χ0n) is 7.40. The molecule has 0 aliphatic carbocycles. The van der Waals surface area contributed by atoms with Crippen molar-refractivity contribution in [2.24, 2.45) is 0 Å². The fourth-order valence-corrected chi connectivity index (χ4v) is 1.71. The van der Waals surface area contributed by atoms with E-state index in [4.69, 9.17) is 0 Å². The molecule has 0 radical (unpaired) electrons. The Balaban J connectivity index is 2.71. The number of nitrogens with zero attached hydrogens (tertiary/aromatic N) is 2. The molecule has 0 unspecified atom stereocenters. The van der Waals surface area contributed by atoms with Gasteiger partial charge in [-0.15, -0.1) is 0 Å². The number of halogens is 1. The van der Waals surface area contributed by atoms with Crippen LogP contribution in [0.5, 0.6) is 0 Å². The van der Waals surface area contributed by atoms with Gasteiger partial charge in [0.25, 0.3) is 0 Å². The maximum atomic E-state index is 11.4. The van der Waals surface area contributed by atoms with Crippen molar-refractivity contribution < 1.29 is 9.53 Å². The summed E-state index contributed by atoms with van der Waals surface area (Å²) >= 11 is 3.23. The van der Waals surface area contributed by atoms with Crippen molar-refractivity contribution in [3.8, 4) is 0 Å². The molecule has 0 aliphatic heterocycles. The van der Waals surface area contributed by atoms with Gasteiger partial charge < -0.3 is 4.74 Å². The number of carbonyl (C=O) groups is 1. The first-order valence-electron chi connectivity index (χ1n) is 3.95. The van der Waals surface area contributed by atoms with E-state index in [1.54, 1.807) is 18.3 Å². The average molecular weight is 255 g/mol. The van der Waals surface area contributed by atoms with Gasteiger partial charge in [0.2, 0.25) is 0 Å². The van der Waals surface area contributed by atoms with Crippen LogP contribution in [0.4, 0.5) is 0 Å². The predicted molar refractivity (Wildman–Crippen MR) is 55.4 cm³/mol. The summed E-state index contributed by atoms with van der Waals surface area (Å²) in [6, 6.07) is 5.36. The van der Waals surface area contributed by atoms with E-state index in [0.717, 1.165) is 10.9 Å².